The van der Waals surface area contributed by atoms with Crippen molar-refractivity contribution in [2.24, 2.45) is 7.05 Å². The molecule has 0 radical (unpaired) electrons. The number of pyridine rings is 1. The van der Waals surface area contributed by atoms with Gasteiger partial charge in [-0.25, -0.2) is 9.97 Å². The van der Waals surface area contributed by atoms with Gasteiger partial charge in [-0.2, -0.15) is 0 Å². The number of piperazine rings is 1. The maximum Gasteiger partial charge on any atom is 0.264 e. The van der Waals surface area contributed by atoms with Crippen LogP contribution in [0.1, 0.15) is 6.92 Å². The first kappa shape index (κ1) is 20.3. The van der Waals surface area contributed by atoms with Gasteiger partial charge in [0.2, 0.25) is 0 Å². The predicted molar refractivity (Wildman–Crippen MR) is 120 cm³/mol. The van der Waals surface area contributed by atoms with Crippen LogP contribution in [0.3, 0.4) is 0 Å². The van der Waals surface area contributed by atoms with E-state index < -0.39 is 0 Å². The van der Waals surface area contributed by atoms with Gasteiger partial charge in [0.1, 0.15) is 11.2 Å². The summed E-state index contributed by atoms with van der Waals surface area (Å²) in [7, 11) is 3.81. The number of hydrogen-bond acceptors (Lipinski definition) is 7. The standard InChI is InChI=1S/C22H28N6O2/c1-15(13-29)24-21-20-19(23-14-27(3)22(20)30)12-18(25-21)16-4-6-17(7-5-16)28-10-8-26(2)9-11-28/h4-7,12,14-15,29H,8-11,13H2,1-3H3,(H,24,25)/t15-/m0/s1. The Morgan fingerprint density at radius 2 is 1.83 bits per heavy atom. The summed E-state index contributed by atoms with van der Waals surface area (Å²) in [5.74, 6) is 0.445. The van der Waals surface area contributed by atoms with Crippen molar-refractivity contribution in [1.82, 2.24) is 19.4 Å². The molecule has 0 spiro atoms. The third-order valence-electron chi connectivity index (χ3n) is 5.59. The molecule has 1 saturated heterocycles. The molecule has 0 saturated carbocycles. The summed E-state index contributed by atoms with van der Waals surface area (Å²) in [6.45, 7) is 5.94. The van der Waals surface area contributed by atoms with Crippen LogP contribution in [0.4, 0.5) is 11.5 Å². The molecule has 30 heavy (non-hydrogen) atoms. The number of aromatic nitrogens is 3. The van der Waals surface area contributed by atoms with E-state index in [1.165, 1.54) is 16.6 Å². The van der Waals surface area contributed by atoms with Gasteiger partial charge in [0.05, 0.1) is 24.1 Å². The first-order chi connectivity index (χ1) is 14.5. The number of rotatable bonds is 5. The van der Waals surface area contributed by atoms with Crippen LogP contribution in [0.15, 0.2) is 41.5 Å². The van der Waals surface area contributed by atoms with E-state index in [4.69, 9.17) is 4.98 Å². The maximum absolute atomic E-state index is 12.7. The second-order valence-corrected chi connectivity index (χ2v) is 7.98. The van der Waals surface area contributed by atoms with Crippen LogP contribution in [0.2, 0.25) is 0 Å². The second-order valence-electron chi connectivity index (χ2n) is 7.98. The fourth-order valence-corrected chi connectivity index (χ4v) is 3.66. The average molecular weight is 409 g/mol. The molecule has 1 atom stereocenters. The fourth-order valence-electron chi connectivity index (χ4n) is 3.66. The van der Waals surface area contributed by atoms with E-state index in [1.54, 1.807) is 7.05 Å². The van der Waals surface area contributed by atoms with Crippen molar-refractivity contribution in [2.75, 3.05) is 50.1 Å². The lowest BCUT2D eigenvalue weighted by molar-refractivity contribution is 0.281. The first-order valence-electron chi connectivity index (χ1n) is 10.2. The molecular weight excluding hydrogens is 380 g/mol. The van der Waals surface area contributed by atoms with Crippen molar-refractivity contribution in [3.8, 4) is 11.3 Å². The van der Waals surface area contributed by atoms with E-state index in [0.717, 1.165) is 37.4 Å². The van der Waals surface area contributed by atoms with E-state index in [2.05, 4.69) is 51.4 Å². The molecule has 3 aromatic rings. The molecule has 0 bridgehead atoms. The van der Waals surface area contributed by atoms with E-state index in [-0.39, 0.29) is 18.2 Å². The van der Waals surface area contributed by atoms with Crippen LogP contribution in [0.5, 0.6) is 0 Å². The van der Waals surface area contributed by atoms with Gasteiger partial charge in [-0.05, 0) is 32.2 Å². The fraction of sp³-hybridized carbons (Fsp3) is 0.409. The molecule has 3 heterocycles. The van der Waals surface area contributed by atoms with Crippen molar-refractivity contribution in [1.29, 1.82) is 0 Å². The lowest BCUT2D eigenvalue weighted by Crippen LogP contribution is -2.44. The molecule has 1 fully saturated rings. The molecule has 0 aliphatic carbocycles. The molecule has 2 aromatic heterocycles. The molecule has 8 nitrogen and oxygen atoms in total. The molecule has 0 unspecified atom stereocenters. The van der Waals surface area contributed by atoms with Crippen LogP contribution >= 0.6 is 0 Å². The first-order valence-corrected chi connectivity index (χ1v) is 10.2. The SMILES string of the molecule is C[C@@H](CO)Nc1nc(-c2ccc(N3CCN(C)CC3)cc2)cc2ncn(C)c(=O)c12. The summed E-state index contributed by atoms with van der Waals surface area (Å²) in [5.41, 5.74) is 3.31. The Hall–Kier alpha value is -2.97. The highest BCUT2D eigenvalue weighted by molar-refractivity contribution is 5.91. The van der Waals surface area contributed by atoms with E-state index in [1.807, 2.05) is 13.0 Å². The summed E-state index contributed by atoms with van der Waals surface area (Å²) in [5, 5.41) is 13.0. The number of nitrogens with one attached hydrogen (secondary N) is 1. The third-order valence-corrected chi connectivity index (χ3v) is 5.59. The number of hydrogen-bond donors (Lipinski definition) is 2. The number of likely N-dealkylation sites (N-methyl/N-ethyl adjacent to an activating group) is 1. The van der Waals surface area contributed by atoms with Gasteiger partial charge >= 0.3 is 0 Å². The van der Waals surface area contributed by atoms with Crippen LogP contribution in [-0.4, -0.2) is 70.4 Å². The average Bonchev–Trinajstić information content (AvgIpc) is 2.76. The van der Waals surface area contributed by atoms with Crippen molar-refractivity contribution in [2.45, 2.75) is 13.0 Å². The van der Waals surface area contributed by atoms with E-state index in [0.29, 0.717) is 16.7 Å². The topological polar surface area (TPSA) is 86.5 Å². The van der Waals surface area contributed by atoms with Gasteiger partial charge in [-0.3, -0.25) is 4.79 Å². The van der Waals surface area contributed by atoms with Gasteiger partial charge in [-0.1, -0.05) is 12.1 Å². The molecular formula is C22H28N6O2. The Kier molecular flexibility index (Phi) is 5.69. The molecule has 8 heteroatoms. The van der Waals surface area contributed by atoms with Gasteiger partial charge in [-0.15, -0.1) is 0 Å². The number of aliphatic hydroxyl groups excluding tert-OH is 1. The van der Waals surface area contributed by atoms with Crippen molar-refractivity contribution >= 4 is 22.4 Å². The van der Waals surface area contributed by atoms with Crippen LogP contribution in [0.25, 0.3) is 22.2 Å². The van der Waals surface area contributed by atoms with Gasteiger partial charge in [0, 0.05) is 50.5 Å². The zero-order valence-corrected chi connectivity index (χ0v) is 17.7. The van der Waals surface area contributed by atoms with E-state index in [9.17, 15) is 9.90 Å². The van der Waals surface area contributed by atoms with Gasteiger partial charge in [0.25, 0.3) is 5.56 Å². The zero-order chi connectivity index (χ0) is 21.3. The van der Waals surface area contributed by atoms with Crippen LogP contribution in [-0.2, 0) is 7.05 Å². The smallest absolute Gasteiger partial charge is 0.264 e. The Balaban J connectivity index is 1.72. The number of benzene rings is 1. The monoisotopic (exact) mass is 408 g/mol. The van der Waals surface area contributed by atoms with Gasteiger partial charge < -0.3 is 24.8 Å². The van der Waals surface area contributed by atoms with Crippen LogP contribution in [0, 0.1) is 0 Å². The third kappa shape index (κ3) is 4.01. The quantitative estimate of drug-likeness (QED) is 0.662. The number of aryl methyl sites for hydroxylation is 1. The summed E-state index contributed by atoms with van der Waals surface area (Å²) >= 11 is 0. The normalized spacial score (nSPS) is 16.1. The highest BCUT2D eigenvalue weighted by Gasteiger charge is 2.16. The van der Waals surface area contributed by atoms with E-state index >= 15 is 0 Å². The van der Waals surface area contributed by atoms with Crippen molar-refractivity contribution < 1.29 is 5.11 Å². The van der Waals surface area contributed by atoms with Crippen molar-refractivity contribution in [3.63, 3.8) is 0 Å². The van der Waals surface area contributed by atoms with Crippen LogP contribution < -0.4 is 15.8 Å². The van der Waals surface area contributed by atoms with Gasteiger partial charge in [0.15, 0.2) is 0 Å². The zero-order valence-electron chi connectivity index (χ0n) is 17.7. The number of nitrogens with zero attached hydrogens (tertiary/aromatic N) is 5. The number of aliphatic hydroxyl groups is 1. The maximum atomic E-state index is 12.7. The lowest BCUT2D eigenvalue weighted by atomic mass is 10.1. The largest absolute Gasteiger partial charge is 0.394 e. The minimum Gasteiger partial charge on any atom is -0.394 e. The minimum atomic E-state index is -0.236. The molecule has 2 N–H and O–H groups in total. The number of anilines is 2. The molecule has 1 aromatic carbocycles. The Labute approximate surface area is 175 Å². The summed E-state index contributed by atoms with van der Waals surface area (Å²) < 4.78 is 1.43. The van der Waals surface area contributed by atoms with Crippen molar-refractivity contribution in [3.05, 3.63) is 47.0 Å². The second kappa shape index (κ2) is 8.41. The highest BCUT2D eigenvalue weighted by atomic mass is 16.3. The molecule has 1 aliphatic rings. The Morgan fingerprint density at radius 1 is 1.13 bits per heavy atom. The molecule has 4 rings (SSSR count). The Morgan fingerprint density at radius 3 is 2.50 bits per heavy atom. The minimum absolute atomic E-state index is 0.0618. The number of fused-ring (bicyclic) bond motifs is 1. The summed E-state index contributed by atoms with van der Waals surface area (Å²) in [6, 6.07) is 9.96. The molecule has 158 valence electrons. The predicted octanol–water partition coefficient (Wildman–Crippen LogP) is 1.54. The molecule has 1 aliphatic heterocycles. The highest BCUT2D eigenvalue weighted by Crippen LogP contribution is 2.27. The molecule has 0 amide bonds. The lowest BCUT2D eigenvalue weighted by Gasteiger charge is -2.34. The summed E-state index contributed by atoms with van der Waals surface area (Å²) in [6.07, 6.45) is 1.52. The summed E-state index contributed by atoms with van der Waals surface area (Å²) in [4.78, 5) is 26.5. The Bertz CT molecular complexity index is 1090.